The van der Waals surface area contributed by atoms with E-state index in [9.17, 15) is 14.7 Å². The summed E-state index contributed by atoms with van der Waals surface area (Å²) < 4.78 is 10.9. The number of aryl methyl sites for hydroxylation is 1. The minimum absolute atomic E-state index is 0.0170. The minimum atomic E-state index is -0.821. The minimum Gasteiger partial charge on any atom is -0.507 e. The summed E-state index contributed by atoms with van der Waals surface area (Å²) >= 11 is 0. The molecule has 1 aliphatic rings. The second kappa shape index (κ2) is 9.20. The number of nitrogens with zero attached hydrogens (tertiary/aromatic N) is 1. The smallest absolute Gasteiger partial charge is 0.300 e. The predicted octanol–water partition coefficient (Wildman–Crippen LogP) is 5.03. The number of aliphatic hydroxyl groups excluding tert-OH is 1. The van der Waals surface area contributed by atoms with Crippen LogP contribution in [0, 0.1) is 6.92 Å². The number of amides is 1. The van der Waals surface area contributed by atoms with Crippen LogP contribution in [0.4, 0.5) is 5.69 Å². The standard InChI is InChI=1S/C27H25NO5/c1-4-33-22-13-6-9-18(15-22)24-23(25(29)19-10-7-12-21(16-19)32-3)26(30)27(31)28(24)20-11-5-8-17(2)14-20/h5-16,24,29H,4H2,1-3H3/b25-23+. The first kappa shape index (κ1) is 22.1. The Kier molecular flexibility index (Phi) is 6.18. The largest absolute Gasteiger partial charge is 0.507 e. The molecule has 0 spiro atoms. The monoisotopic (exact) mass is 443 g/mol. The summed E-state index contributed by atoms with van der Waals surface area (Å²) in [5.74, 6) is -0.553. The van der Waals surface area contributed by atoms with Gasteiger partial charge in [0.2, 0.25) is 0 Å². The van der Waals surface area contributed by atoms with Crippen molar-refractivity contribution in [2.75, 3.05) is 18.6 Å². The van der Waals surface area contributed by atoms with Crippen molar-refractivity contribution in [2.45, 2.75) is 19.9 Å². The number of hydrogen-bond donors (Lipinski definition) is 1. The molecule has 1 N–H and O–H groups in total. The molecule has 6 heteroatoms. The highest BCUT2D eigenvalue weighted by Crippen LogP contribution is 2.43. The van der Waals surface area contributed by atoms with Crippen molar-refractivity contribution in [2.24, 2.45) is 0 Å². The number of rotatable bonds is 6. The predicted molar refractivity (Wildman–Crippen MR) is 127 cm³/mol. The number of hydrogen-bond acceptors (Lipinski definition) is 5. The molecule has 4 rings (SSSR count). The molecule has 0 bridgehead atoms. The van der Waals surface area contributed by atoms with E-state index < -0.39 is 17.7 Å². The number of methoxy groups -OCH3 is 1. The van der Waals surface area contributed by atoms with Gasteiger partial charge in [0.1, 0.15) is 17.3 Å². The van der Waals surface area contributed by atoms with Gasteiger partial charge in [0, 0.05) is 11.3 Å². The zero-order valence-corrected chi connectivity index (χ0v) is 18.7. The Morgan fingerprint density at radius 1 is 0.970 bits per heavy atom. The molecule has 6 nitrogen and oxygen atoms in total. The second-order valence-corrected chi connectivity index (χ2v) is 7.75. The van der Waals surface area contributed by atoms with Crippen LogP contribution in [0.1, 0.15) is 29.7 Å². The van der Waals surface area contributed by atoms with Crippen LogP contribution < -0.4 is 14.4 Å². The maximum Gasteiger partial charge on any atom is 0.300 e. The number of ether oxygens (including phenoxy) is 2. The number of carbonyl (C=O) groups is 2. The molecule has 1 unspecified atom stereocenters. The quantitative estimate of drug-likeness (QED) is 0.329. The van der Waals surface area contributed by atoms with Gasteiger partial charge >= 0.3 is 0 Å². The van der Waals surface area contributed by atoms with Crippen LogP contribution in [0.2, 0.25) is 0 Å². The highest BCUT2D eigenvalue weighted by molar-refractivity contribution is 6.51. The highest BCUT2D eigenvalue weighted by atomic mass is 16.5. The van der Waals surface area contributed by atoms with Crippen molar-refractivity contribution in [3.63, 3.8) is 0 Å². The number of Topliss-reactive ketones (excluding diaryl/α,β-unsaturated/α-hetero) is 1. The molecule has 1 saturated heterocycles. The molecule has 0 radical (unpaired) electrons. The molecule has 1 atom stereocenters. The number of carbonyl (C=O) groups excluding carboxylic acids is 2. The zero-order valence-electron chi connectivity index (χ0n) is 18.7. The highest BCUT2D eigenvalue weighted by Gasteiger charge is 2.47. The van der Waals surface area contributed by atoms with Crippen molar-refractivity contribution in [1.29, 1.82) is 0 Å². The number of benzene rings is 3. The lowest BCUT2D eigenvalue weighted by Crippen LogP contribution is -2.29. The Hall–Kier alpha value is -4.06. The third-order valence-electron chi connectivity index (χ3n) is 5.55. The van der Waals surface area contributed by atoms with Crippen LogP contribution in [-0.2, 0) is 9.59 Å². The molecular formula is C27H25NO5. The van der Waals surface area contributed by atoms with E-state index in [0.29, 0.717) is 34.9 Å². The second-order valence-electron chi connectivity index (χ2n) is 7.75. The third-order valence-corrected chi connectivity index (χ3v) is 5.55. The number of aliphatic hydroxyl groups is 1. The van der Waals surface area contributed by atoms with E-state index in [4.69, 9.17) is 9.47 Å². The summed E-state index contributed by atoms with van der Waals surface area (Å²) in [6.45, 7) is 4.28. The summed E-state index contributed by atoms with van der Waals surface area (Å²) in [4.78, 5) is 28.0. The van der Waals surface area contributed by atoms with Crippen molar-refractivity contribution in [1.82, 2.24) is 0 Å². The van der Waals surface area contributed by atoms with Gasteiger partial charge in [-0.15, -0.1) is 0 Å². The SMILES string of the molecule is CCOc1cccc(C2/C(=C(\O)c3cccc(OC)c3)C(=O)C(=O)N2c2cccc(C)c2)c1. The molecular weight excluding hydrogens is 418 g/mol. The average Bonchev–Trinajstić information content (AvgIpc) is 3.09. The van der Waals surface area contributed by atoms with Crippen LogP contribution >= 0.6 is 0 Å². The first-order chi connectivity index (χ1) is 15.9. The number of anilines is 1. The van der Waals surface area contributed by atoms with Gasteiger partial charge < -0.3 is 14.6 Å². The fourth-order valence-corrected chi connectivity index (χ4v) is 4.06. The van der Waals surface area contributed by atoms with Crippen molar-refractivity contribution in [3.8, 4) is 11.5 Å². The van der Waals surface area contributed by atoms with E-state index in [-0.39, 0.29) is 11.3 Å². The molecule has 1 heterocycles. The molecule has 1 amide bonds. The topological polar surface area (TPSA) is 76.1 Å². The van der Waals surface area contributed by atoms with Gasteiger partial charge in [-0.2, -0.15) is 0 Å². The maximum atomic E-state index is 13.3. The van der Waals surface area contributed by atoms with Crippen molar-refractivity contribution >= 4 is 23.1 Å². The first-order valence-corrected chi connectivity index (χ1v) is 10.7. The van der Waals surface area contributed by atoms with Crippen molar-refractivity contribution < 1.29 is 24.2 Å². The van der Waals surface area contributed by atoms with Crippen LogP contribution in [0.3, 0.4) is 0 Å². The van der Waals surface area contributed by atoms with Crippen LogP contribution in [0.5, 0.6) is 11.5 Å². The molecule has 1 fully saturated rings. The molecule has 0 aliphatic carbocycles. The Balaban J connectivity index is 1.95. The Bertz CT molecular complexity index is 1250. The van der Waals surface area contributed by atoms with E-state index in [1.54, 1.807) is 36.4 Å². The molecule has 3 aromatic carbocycles. The van der Waals surface area contributed by atoms with Gasteiger partial charge in [-0.1, -0.05) is 36.4 Å². The van der Waals surface area contributed by atoms with Gasteiger partial charge in [0.05, 0.1) is 25.3 Å². The van der Waals surface area contributed by atoms with Gasteiger partial charge in [-0.25, -0.2) is 0 Å². The number of ketones is 1. The maximum absolute atomic E-state index is 13.3. The van der Waals surface area contributed by atoms with Gasteiger partial charge in [-0.05, 0) is 61.4 Å². The Labute approximate surface area is 192 Å². The van der Waals surface area contributed by atoms with Crippen LogP contribution in [0.15, 0.2) is 78.4 Å². The summed E-state index contributed by atoms with van der Waals surface area (Å²) in [7, 11) is 1.52. The zero-order chi connectivity index (χ0) is 23.5. The fourth-order valence-electron chi connectivity index (χ4n) is 4.06. The summed E-state index contributed by atoms with van der Waals surface area (Å²) in [5, 5.41) is 11.2. The summed E-state index contributed by atoms with van der Waals surface area (Å²) in [5.41, 5.74) is 2.59. The Morgan fingerprint density at radius 2 is 1.70 bits per heavy atom. The molecule has 168 valence electrons. The van der Waals surface area contributed by atoms with E-state index >= 15 is 0 Å². The van der Waals surface area contributed by atoms with Gasteiger partial charge in [0.15, 0.2) is 0 Å². The average molecular weight is 443 g/mol. The Morgan fingerprint density at radius 3 is 2.42 bits per heavy atom. The van der Waals surface area contributed by atoms with E-state index in [1.807, 2.05) is 50.2 Å². The normalized spacial score (nSPS) is 17.3. The lowest BCUT2D eigenvalue weighted by atomic mass is 9.95. The summed E-state index contributed by atoms with van der Waals surface area (Å²) in [6, 6.07) is 20.5. The molecule has 33 heavy (non-hydrogen) atoms. The molecule has 3 aromatic rings. The van der Waals surface area contributed by atoms with Gasteiger partial charge in [0.25, 0.3) is 11.7 Å². The van der Waals surface area contributed by atoms with Crippen LogP contribution in [0.25, 0.3) is 5.76 Å². The molecule has 0 saturated carbocycles. The molecule has 0 aromatic heterocycles. The fraction of sp³-hybridized carbons (Fsp3) is 0.185. The third kappa shape index (κ3) is 4.20. The van der Waals surface area contributed by atoms with Crippen LogP contribution in [-0.4, -0.2) is 30.5 Å². The van der Waals surface area contributed by atoms with Crippen molar-refractivity contribution in [3.05, 3.63) is 95.1 Å². The lowest BCUT2D eigenvalue weighted by molar-refractivity contribution is -0.132. The van der Waals surface area contributed by atoms with E-state index in [2.05, 4.69) is 0 Å². The first-order valence-electron chi connectivity index (χ1n) is 10.7. The van der Waals surface area contributed by atoms with Gasteiger partial charge in [-0.3, -0.25) is 14.5 Å². The molecule has 1 aliphatic heterocycles. The van der Waals surface area contributed by atoms with E-state index in [0.717, 1.165) is 5.56 Å². The lowest BCUT2D eigenvalue weighted by Gasteiger charge is -2.26. The van der Waals surface area contributed by atoms with E-state index in [1.165, 1.54) is 12.0 Å². The summed E-state index contributed by atoms with van der Waals surface area (Å²) in [6.07, 6.45) is 0.